The molecule has 3 aromatic rings. The lowest BCUT2D eigenvalue weighted by Crippen LogP contribution is -2.35. The zero-order chi connectivity index (χ0) is 22.8. The molecule has 0 aliphatic carbocycles. The molecule has 0 spiro atoms. The van der Waals surface area contributed by atoms with Gasteiger partial charge in [-0.25, -0.2) is 4.39 Å². The van der Waals surface area contributed by atoms with Gasteiger partial charge in [-0.15, -0.1) is 0 Å². The van der Waals surface area contributed by atoms with Crippen LogP contribution in [-0.2, 0) is 11.3 Å². The first-order valence-corrected chi connectivity index (χ1v) is 10.8. The lowest BCUT2D eigenvalue weighted by molar-refractivity contribution is -0.125. The number of benzene rings is 3. The van der Waals surface area contributed by atoms with Crippen molar-refractivity contribution in [1.29, 1.82) is 0 Å². The summed E-state index contributed by atoms with van der Waals surface area (Å²) in [7, 11) is 0. The highest BCUT2D eigenvalue weighted by molar-refractivity contribution is 5.95. The Hall–Kier alpha value is -3.87. The van der Waals surface area contributed by atoms with E-state index in [9.17, 15) is 14.0 Å². The molecule has 5 rings (SSSR count). The fourth-order valence-electron chi connectivity index (χ4n) is 4.45. The molecule has 33 heavy (non-hydrogen) atoms. The Morgan fingerprint density at radius 2 is 1.70 bits per heavy atom. The first-order chi connectivity index (χ1) is 16.1. The summed E-state index contributed by atoms with van der Waals surface area (Å²) in [6.45, 7) is 1.09. The summed E-state index contributed by atoms with van der Waals surface area (Å²) in [5.41, 5.74) is 1.89. The zero-order valence-electron chi connectivity index (χ0n) is 17.9. The van der Waals surface area contributed by atoms with Crippen LogP contribution >= 0.6 is 0 Å². The summed E-state index contributed by atoms with van der Waals surface area (Å²) in [6.07, 6.45) is 0. The van der Waals surface area contributed by atoms with E-state index in [0.717, 1.165) is 11.1 Å². The molecule has 2 amide bonds. The minimum atomic E-state index is -0.561. The van der Waals surface area contributed by atoms with Crippen molar-refractivity contribution in [2.45, 2.75) is 12.5 Å². The Morgan fingerprint density at radius 3 is 2.52 bits per heavy atom. The van der Waals surface area contributed by atoms with Crippen LogP contribution in [0.5, 0.6) is 11.5 Å². The number of carbonyl (C=O) groups excluding carboxylic acids is 2. The van der Waals surface area contributed by atoms with E-state index in [2.05, 4.69) is 5.32 Å². The van der Waals surface area contributed by atoms with Gasteiger partial charge in [-0.1, -0.05) is 48.5 Å². The number of rotatable bonds is 5. The monoisotopic (exact) mass is 446 g/mol. The SMILES string of the molecule is O=C(NCc1ccc2c(c1)OCO2)[C@@H]1CN(C(=O)c2ccccc2F)C[C@H]1c1ccccc1. The summed E-state index contributed by atoms with van der Waals surface area (Å²) in [5.74, 6) is -0.394. The van der Waals surface area contributed by atoms with Crippen LogP contribution in [0.4, 0.5) is 4.39 Å². The lowest BCUT2D eigenvalue weighted by Gasteiger charge is -2.18. The summed E-state index contributed by atoms with van der Waals surface area (Å²) in [5, 5.41) is 3.00. The molecule has 0 aromatic heterocycles. The Balaban J connectivity index is 1.34. The number of nitrogens with one attached hydrogen (secondary N) is 1. The van der Waals surface area contributed by atoms with Gasteiger partial charge in [-0.05, 0) is 35.4 Å². The Kier molecular flexibility index (Phi) is 5.69. The van der Waals surface area contributed by atoms with Crippen molar-refractivity contribution in [3.63, 3.8) is 0 Å². The van der Waals surface area contributed by atoms with Crippen LogP contribution < -0.4 is 14.8 Å². The van der Waals surface area contributed by atoms with Crippen molar-refractivity contribution < 1.29 is 23.5 Å². The van der Waals surface area contributed by atoms with E-state index in [1.165, 1.54) is 12.1 Å². The summed E-state index contributed by atoms with van der Waals surface area (Å²) in [6, 6.07) is 21.1. The third-order valence-electron chi connectivity index (χ3n) is 6.18. The average Bonchev–Trinajstić information content (AvgIpc) is 3.50. The second kappa shape index (κ2) is 8.94. The van der Waals surface area contributed by atoms with E-state index >= 15 is 0 Å². The molecule has 0 unspecified atom stereocenters. The lowest BCUT2D eigenvalue weighted by atomic mass is 9.88. The standard InChI is InChI=1S/C26H23FN2O4/c27-22-9-5-4-8-19(22)26(31)29-14-20(18-6-2-1-3-7-18)21(15-29)25(30)28-13-17-10-11-23-24(12-17)33-16-32-23/h1-12,20-21H,13-16H2,(H,28,30)/t20-,21+/m0/s1. The maximum atomic E-state index is 14.2. The van der Waals surface area contributed by atoms with Crippen LogP contribution in [-0.4, -0.2) is 36.6 Å². The maximum absolute atomic E-state index is 14.2. The topological polar surface area (TPSA) is 67.9 Å². The van der Waals surface area contributed by atoms with Gasteiger partial charge >= 0.3 is 0 Å². The number of nitrogens with zero attached hydrogens (tertiary/aromatic N) is 1. The summed E-state index contributed by atoms with van der Waals surface area (Å²) < 4.78 is 25.0. The van der Waals surface area contributed by atoms with Crippen molar-refractivity contribution in [3.8, 4) is 11.5 Å². The molecule has 2 aliphatic heterocycles. The van der Waals surface area contributed by atoms with Gasteiger partial charge in [0.05, 0.1) is 11.5 Å². The van der Waals surface area contributed by atoms with Crippen LogP contribution in [0.2, 0.25) is 0 Å². The highest BCUT2D eigenvalue weighted by atomic mass is 19.1. The highest BCUT2D eigenvalue weighted by Crippen LogP contribution is 2.35. The molecule has 2 atom stereocenters. The van der Waals surface area contributed by atoms with Crippen LogP contribution in [0.25, 0.3) is 0 Å². The fraction of sp³-hybridized carbons (Fsp3) is 0.231. The minimum absolute atomic E-state index is 0.0192. The van der Waals surface area contributed by atoms with Crippen LogP contribution in [0.15, 0.2) is 72.8 Å². The van der Waals surface area contributed by atoms with Gasteiger partial charge in [-0.3, -0.25) is 9.59 Å². The van der Waals surface area contributed by atoms with Crippen molar-refractivity contribution >= 4 is 11.8 Å². The molecule has 1 saturated heterocycles. The number of halogens is 1. The summed E-state index contributed by atoms with van der Waals surface area (Å²) in [4.78, 5) is 27.8. The Morgan fingerprint density at radius 1 is 0.939 bits per heavy atom. The van der Waals surface area contributed by atoms with Gasteiger partial charge in [0.15, 0.2) is 11.5 Å². The maximum Gasteiger partial charge on any atom is 0.256 e. The van der Waals surface area contributed by atoms with E-state index in [1.54, 1.807) is 17.0 Å². The molecule has 1 fully saturated rings. The molecule has 0 saturated carbocycles. The third kappa shape index (κ3) is 4.26. The van der Waals surface area contributed by atoms with E-state index in [4.69, 9.17) is 9.47 Å². The average molecular weight is 446 g/mol. The van der Waals surface area contributed by atoms with E-state index in [-0.39, 0.29) is 30.7 Å². The largest absolute Gasteiger partial charge is 0.454 e. The predicted molar refractivity (Wildman–Crippen MR) is 119 cm³/mol. The summed E-state index contributed by atoms with van der Waals surface area (Å²) >= 11 is 0. The van der Waals surface area contributed by atoms with Gasteiger partial charge in [-0.2, -0.15) is 0 Å². The number of carbonyl (C=O) groups is 2. The van der Waals surface area contributed by atoms with Crippen LogP contribution in [0.1, 0.15) is 27.4 Å². The smallest absolute Gasteiger partial charge is 0.256 e. The predicted octanol–water partition coefficient (Wildman–Crippen LogP) is 3.73. The van der Waals surface area contributed by atoms with Gasteiger partial charge < -0.3 is 19.7 Å². The van der Waals surface area contributed by atoms with Crippen molar-refractivity contribution in [2.24, 2.45) is 5.92 Å². The van der Waals surface area contributed by atoms with Gasteiger partial charge in [0, 0.05) is 25.6 Å². The number of fused-ring (bicyclic) bond motifs is 1. The molecule has 0 bridgehead atoms. The van der Waals surface area contributed by atoms with Crippen molar-refractivity contribution in [3.05, 3.63) is 95.3 Å². The molecule has 168 valence electrons. The molecule has 7 heteroatoms. The first kappa shape index (κ1) is 21.0. The Labute approximate surface area is 190 Å². The molecule has 0 radical (unpaired) electrons. The van der Waals surface area contributed by atoms with E-state index < -0.39 is 17.6 Å². The molecule has 6 nitrogen and oxygen atoms in total. The highest BCUT2D eigenvalue weighted by Gasteiger charge is 2.40. The Bertz CT molecular complexity index is 1180. The second-order valence-electron chi connectivity index (χ2n) is 8.22. The number of amides is 2. The molecule has 1 N–H and O–H groups in total. The number of hydrogen-bond donors (Lipinski definition) is 1. The van der Waals surface area contributed by atoms with Crippen LogP contribution in [0.3, 0.4) is 0 Å². The van der Waals surface area contributed by atoms with Crippen molar-refractivity contribution in [2.75, 3.05) is 19.9 Å². The third-order valence-corrected chi connectivity index (χ3v) is 6.18. The fourth-order valence-corrected chi connectivity index (χ4v) is 4.45. The van der Waals surface area contributed by atoms with Gasteiger partial charge in [0.2, 0.25) is 12.7 Å². The second-order valence-corrected chi connectivity index (χ2v) is 8.22. The molecule has 2 aliphatic rings. The molecule has 3 aromatic carbocycles. The normalized spacial score (nSPS) is 18.9. The number of likely N-dealkylation sites (tertiary alicyclic amines) is 1. The van der Waals surface area contributed by atoms with Gasteiger partial charge in [0.1, 0.15) is 5.82 Å². The van der Waals surface area contributed by atoms with E-state index in [1.807, 2.05) is 48.5 Å². The number of hydrogen-bond acceptors (Lipinski definition) is 4. The van der Waals surface area contributed by atoms with E-state index in [0.29, 0.717) is 24.6 Å². The van der Waals surface area contributed by atoms with Crippen molar-refractivity contribution in [1.82, 2.24) is 10.2 Å². The first-order valence-electron chi connectivity index (χ1n) is 10.8. The van der Waals surface area contributed by atoms with Gasteiger partial charge in [0.25, 0.3) is 5.91 Å². The van der Waals surface area contributed by atoms with Crippen LogP contribution in [0, 0.1) is 11.7 Å². The number of ether oxygens (including phenoxy) is 2. The molecule has 2 heterocycles. The quantitative estimate of drug-likeness (QED) is 0.649. The zero-order valence-corrected chi connectivity index (χ0v) is 17.9. The molecular formula is C26H23FN2O4. The minimum Gasteiger partial charge on any atom is -0.454 e. The molecular weight excluding hydrogens is 423 g/mol.